The van der Waals surface area contributed by atoms with Gasteiger partial charge in [0.25, 0.3) is 0 Å². The van der Waals surface area contributed by atoms with Crippen LogP contribution < -0.4 is 5.73 Å². The van der Waals surface area contributed by atoms with Gasteiger partial charge in [-0.2, -0.15) is 0 Å². The first kappa shape index (κ1) is 15.0. The van der Waals surface area contributed by atoms with E-state index in [2.05, 4.69) is 4.52 Å². The van der Waals surface area contributed by atoms with Crippen molar-refractivity contribution in [2.45, 2.75) is 31.7 Å². The van der Waals surface area contributed by atoms with Gasteiger partial charge in [-0.05, 0) is 13.3 Å². The maximum absolute atomic E-state index is 11.3. The van der Waals surface area contributed by atoms with Crippen molar-refractivity contribution in [3.8, 4) is 0 Å². The first-order valence-electron chi connectivity index (χ1n) is 4.38. The summed E-state index contributed by atoms with van der Waals surface area (Å²) >= 11 is 0. The summed E-state index contributed by atoms with van der Waals surface area (Å²) in [6.07, 6.45) is -2.53. The molecule has 8 nitrogen and oxygen atoms in total. The molecule has 0 aliphatic rings. The van der Waals surface area contributed by atoms with E-state index in [1.54, 1.807) is 0 Å². The molecule has 5 N–H and O–H groups in total. The Labute approximate surface area is 91.6 Å². The zero-order valence-corrected chi connectivity index (χ0v) is 9.46. The van der Waals surface area contributed by atoms with Gasteiger partial charge in [0.15, 0.2) is 6.10 Å². The molecule has 0 rings (SSSR count). The van der Waals surface area contributed by atoms with Gasteiger partial charge in [-0.3, -0.25) is 13.9 Å². The summed E-state index contributed by atoms with van der Waals surface area (Å²) < 4.78 is 15.7. The first-order chi connectivity index (χ1) is 7.16. The van der Waals surface area contributed by atoms with Gasteiger partial charge >= 0.3 is 19.5 Å². The normalized spacial score (nSPS) is 18.4. The highest BCUT2D eigenvalue weighted by molar-refractivity contribution is 7.53. The number of carboxylic acid groups (broad SMARTS) is 2. The molecule has 0 saturated carbocycles. The van der Waals surface area contributed by atoms with Crippen LogP contribution in [-0.4, -0.2) is 38.9 Å². The van der Waals surface area contributed by atoms with E-state index in [9.17, 15) is 19.0 Å². The van der Waals surface area contributed by atoms with Gasteiger partial charge in [-0.25, -0.2) is 4.79 Å². The monoisotopic (exact) mass is 255 g/mol. The second kappa shape index (κ2) is 5.95. The molecule has 16 heavy (non-hydrogen) atoms. The van der Waals surface area contributed by atoms with Crippen LogP contribution in [0.4, 0.5) is 0 Å². The zero-order valence-electron chi connectivity index (χ0n) is 8.57. The summed E-state index contributed by atoms with van der Waals surface area (Å²) in [4.78, 5) is 30.0. The summed E-state index contributed by atoms with van der Waals surface area (Å²) in [5.41, 5.74) is 5.13. The van der Waals surface area contributed by atoms with Crippen LogP contribution in [0, 0.1) is 0 Å². The lowest BCUT2D eigenvalue weighted by Crippen LogP contribution is -2.27. The highest BCUT2D eigenvalue weighted by Crippen LogP contribution is 2.46. The summed E-state index contributed by atoms with van der Waals surface area (Å²) in [5.74, 6) is -3.96. The molecular weight excluding hydrogens is 241 g/mol. The van der Waals surface area contributed by atoms with E-state index in [4.69, 9.17) is 15.9 Å². The van der Waals surface area contributed by atoms with Crippen molar-refractivity contribution < 1.29 is 33.8 Å². The fraction of sp³-hybridized carbons (Fsp3) is 0.714. The maximum atomic E-state index is 11.3. The van der Waals surface area contributed by atoms with Crippen LogP contribution >= 0.6 is 7.60 Å². The SMILES string of the molecule is C[C@H](N)P(=O)(O)O[C@H](CCC(=O)O)C(=O)O. The Balaban J connectivity index is 4.52. The fourth-order valence-corrected chi connectivity index (χ4v) is 1.51. The molecule has 1 unspecified atom stereocenters. The van der Waals surface area contributed by atoms with Crippen molar-refractivity contribution in [3.63, 3.8) is 0 Å². The lowest BCUT2D eigenvalue weighted by molar-refractivity contribution is -0.146. The molecule has 9 heteroatoms. The van der Waals surface area contributed by atoms with E-state index < -0.39 is 44.3 Å². The van der Waals surface area contributed by atoms with Crippen LogP contribution in [-0.2, 0) is 18.7 Å². The van der Waals surface area contributed by atoms with Gasteiger partial charge in [0.1, 0.15) is 5.78 Å². The molecule has 0 aromatic heterocycles. The van der Waals surface area contributed by atoms with Crippen molar-refractivity contribution in [1.82, 2.24) is 0 Å². The molecule has 0 aromatic rings. The number of hydrogen-bond donors (Lipinski definition) is 4. The summed E-state index contributed by atoms with van der Waals surface area (Å²) in [7, 11) is -4.23. The molecule has 0 spiro atoms. The van der Waals surface area contributed by atoms with Crippen molar-refractivity contribution in [1.29, 1.82) is 0 Å². The summed E-state index contributed by atoms with van der Waals surface area (Å²) in [6, 6.07) is 0. The summed E-state index contributed by atoms with van der Waals surface area (Å²) in [5, 5.41) is 17.0. The van der Waals surface area contributed by atoms with Gasteiger partial charge in [0, 0.05) is 6.42 Å². The third-order valence-electron chi connectivity index (χ3n) is 1.69. The average Bonchev–Trinajstić information content (AvgIpc) is 2.11. The van der Waals surface area contributed by atoms with Crippen LogP contribution in [0.1, 0.15) is 19.8 Å². The quantitative estimate of drug-likeness (QED) is 0.457. The molecule has 0 radical (unpaired) electrons. The molecule has 94 valence electrons. The molecule has 0 heterocycles. The van der Waals surface area contributed by atoms with E-state index >= 15 is 0 Å². The van der Waals surface area contributed by atoms with Crippen molar-refractivity contribution in [2.75, 3.05) is 0 Å². The predicted molar refractivity (Wildman–Crippen MR) is 52.9 cm³/mol. The van der Waals surface area contributed by atoms with Gasteiger partial charge in [-0.15, -0.1) is 0 Å². The van der Waals surface area contributed by atoms with Crippen LogP contribution in [0.3, 0.4) is 0 Å². The molecule has 0 aliphatic carbocycles. The molecule has 0 aromatic carbocycles. The Kier molecular flexibility index (Phi) is 5.60. The second-order valence-electron chi connectivity index (χ2n) is 3.17. The Morgan fingerprint density at radius 1 is 1.44 bits per heavy atom. The zero-order chi connectivity index (χ0) is 12.9. The summed E-state index contributed by atoms with van der Waals surface area (Å²) in [6.45, 7) is 1.19. The molecule has 0 bridgehead atoms. The van der Waals surface area contributed by atoms with Gasteiger partial charge in [-0.1, -0.05) is 0 Å². The molecule has 0 aliphatic heterocycles. The van der Waals surface area contributed by atoms with E-state index in [0.29, 0.717) is 0 Å². The predicted octanol–water partition coefficient (Wildman–Crippen LogP) is -0.189. The van der Waals surface area contributed by atoms with Gasteiger partial charge in [0.05, 0.1) is 0 Å². The Morgan fingerprint density at radius 2 is 1.94 bits per heavy atom. The van der Waals surface area contributed by atoms with E-state index in [0.717, 1.165) is 0 Å². The number of carboxylic acids is 2. The third-order valence-corrected chi connectivity index (χ3v) is 3.27. The lowest BCUT2D eigenvalue weighted by Gasteiger charge is -2.19. The Bertz CT molecular complexity index is 316. The highest BCUT2D eigenvalue weighted by Gasteiger charge is 2.32. The number of nitrogens with two attached hydrogens (primary N) is 1. The number of aliphatic carboxylic acids is 2. The Hall–Kier alpha value is -0.950. The number of hydrogen-bond acceptors (Lipinski definition) is 5. The minimum absolute atomic E-state index is 0.401. The maximum Gasteiger partial charge on any atom is 0.345 e. The van der Waals surface area contributed by atoms with Crippen molar-refractivity contribution in [3.05, 3.63) is 0 Å². The smallest absolute Gasteiger partial charge is 0.345 e. The standard InChI is InChI=1S/C7H14NO7P/c1-4(8)16(13,14)15-5(7(11)12)2-3-6(9)10/h4-5H,2-3,8H2,1H3,(H,9,10)(H,11,12)(H,13,14)/t4-,5-/m1/s1. The topological polar surface area (TPSA) is 147 Å². The van der Waals surface area contributed by atoms with Crippen LogP contribution in [0.15, 0.2) is 0 Å². The molecular formula is C7H14NO7P. The fourth-order valence-electron chi connectivity index (χ4n) is 0.754. The molecule has 3 atom stereocenters. The number of carbonyl (C=O) groups is 2. The molecule has 0 saturated heterocycles. The number of rotatable bonds is 7. The third kappa shape index (κ3) is 5.22. The van der Waals surface area contributed by atoms with Gasteiger partial charge < -0.3 is 20.8 Å². The van der Waals surface area contributed by atoms with Crippen LogP contribution in [0.25, 0.3) is 0 Å². The first-order valence-corrected chi connectivity index (χ1v) is 6.02. The molecule has 0 fully saturated rings. The van der Waals surface area contributed by atoms with Gasteiger partial charge in [0.2, 0.25) is 0 Å². The highest BCUT2D eigenvalue weighted by atomic mass is 31.2. The van der Waals surface area contributed by atoms with E-state index in [1.165, 1.54) is 6.92 Å². The average molecular weight is 255 g/mol. The van der Waals surface area contributed by atoms with Crippen LogP contribution in [0.5, 0.6) is 0 Å². The second-order valence-corrected chi connectivity index (χ2v) is 5.32. The Morgan fingerprint density at radius 3 is 2.25 bits per heavy atom. The van der Waals surface area contributed by atoms with E-state index in [1.807, 2.05) is 0 Å². The lowest BCUT2D eigenvalue weighted by atomic mass is 10.2. The van der Waals surface area contributed by atoms with E-state index in [-0.39, 0.29) is 0 Å². The van der Waals surface area contributed by atoms with Crippen LogP contribution in [0.2, 0.25) is 0 Å². The van der Waals surface area contributed by atoms with Crippen molar-refractivity contribution in [2.24, 2.45) is 5.73 Å². The minimum atomic E-state index is -4.23. The molecule has 0 amide bonds. The largest absolute Gasteiger partial charge is 0.481 e. The van der Waals surface area contributed by atoms with Crippen molar-refractivity contribution >= 4 is 19.5 Å². The minimum Gasteiger partial charge on any atom is -0.481 e.